The largest absolute Gasteiger partial charge is 0.480 e. The summed E-state index contributed by atoms with van der Waals surface area (Å²) in [5, 5.41) is 17.0. The molecule has 6 nitrogen and oxygen atoms in total. The van der Waals surface area contributed by atoms with E-state index >= 15 is 0 Å². The fourth-order valence-corrected chi connectivity index (χ4v) is 4.81. The van der Waals surface area contributed by atoms with Gasteiger partial charge in [-0.05, 0) is 45.5 Å². The maximum Gasteiger partial charge on any atom is 0.328 e. The van der Waals surface area contributed by atoms with Crippen molar-refractivity contribution < 1.29 is 14.7 Å². The van der Waals surface area contributed by atoms with Crippen LogP contribution in [0.5, 0.6) is 0 Å². The van der Waals surface area contributed by atoms with E-state index in [2.05, 4.69) is 46.7 Å². The number of aliphatic carboxylic acids is 1. The van der Waals surface area contributed by atoms with Gasteiger partial charge in [0.15, 0.2) is 0 Å². The first-order chi connectivity index (χ1) is 17.6. The second kappa shape index (κ2) is 10.4. The van der Waals surface area contributed by atoms with Crippen LogP contribution in [-0.4, -0.2) is 32.6 Å². The minimum absolute atomic E-state index is 0.107. The van der Waals surface area contributed by atoms with Crippen molar-refractivity contribution in [3.63, 3.8) is 0 Å². The first-order valence-corrected chi connectivity index (χ1v) is 12.0. The number of nitrogens with one attached hydrogen (secondary N) is 1. The molecular weight excluding hydrogens is 450 g/mol. The molecule has 0 spiro atoms. The minimum atomic E-state index is -1.08. The Morgan fingerprint density at radius 2 is 1.36 bits per heavy atom. The van der Waals surface area contributed by atoms with Gasteiger partial charge in [-0.25, -0.2) is 9.78 Å². The summed E-state index contributed by atoms with van der Waals surface area (Å²) in [6.45, 7) is 0.107. The lowest BCUT2D eigenvalue weighted by Gasteiger charge is -2.22. The molecule has 0 radical (unpaired) electrons. The van der Waals surface area contributed by atoms with E-state index < -0.39 is 17.9 Å². The standard InChI is InChI=1S/C30H27N3O3/c34-29(32-28(30(35)36)19-33-16-15-31-20-33)25(17-23-11-5-9-21-7-1-3-13-26(21)23)18-24-12-6-10-22-8-2-4-14-27(22)24/h1-16,20,25,28H,17-19H2,(H,32,34)(H,35,36). The van der Waals surface area contributed by atoms with Crippen LogP contribution in [0.4, 0.5) is 0 Å². The fourth-order valence-electron chi connectivity index (χ4n) is 4.81. The van der Waals surface area contributed by atoms with Gasteiger partial charge in [0.2, 0.25) is 5.91 Å². The number of hydrogen-bond acceptors (Lipinski definition) is 3. The summed E-state index contributed by atoms with van der Waals surface area (Å²) >= 11 is 0. The van der Waals surface area contributed by atoms with E-state index in [1.807, 2.05) is 48.5 Å². The lowest BCUT2D eigenvalue weighted by atomic mass is 9.88. The molecule has 0 saturated carbocycles. The van der Waals surface area contributed by atoms with Gasteiger partial charge in [-0.15, -0.1) is 0 Å². The van der Waals surface area contributed by atoms with Gasteiger partial charge in [0.1, 0.15) is 6.04 Å². The summed E-state index contributed by atoms with van der Waals surface area (Å²) < 4.78 is 1.66. The molecule has 0 aliphatic rings. The number of fused-ring (bicyclic) bond motifs is 2. The van der Waals surface area contributed by atoms with E-state index in [0.29, 0.717) is 12.8 Å². The number of carboxylic acids is 1. The summed E-state index contributed by atoms with van der Waals surface area (Å²) in [4.78, 5) is 29.6. The molecule has 2 N–H and O–H groups in total. The average molecular weight is 478 g/mol. The molecule has 1 atom stereocenters. The van der Waals surface area contributed by atoms with Gasteiger partial charge < -0.3 is 15.0 Å². The monoisotopic (exact) mass is 477 g/mol. The summed E-state index contributed by atoms with van der Waals surface area (Å²) in [6, 6.07) is 27.4. The number of rotatable bonds is 9. The molecule has 1 heterocycles. The Morgan fingerprint density at radius 3 is 1.89 bits per heavy atom. The molecule has 5 rings (SSSR count). The Hall–Kier alpha value is -4.45. The second-order valence-corrected chi connectivity index (χ2v) is 9.04. The molecule has 0 aliphatic carbocycles. The normalized spacial score (nSPS) is 12.1. The van der Waals surface area contributed by atoms with Gasteiger partial charge in [-0.3, -0.25) is 4.79 Å². The van der Waals surface area contributed by atoms with E-state index in [1.54, 1.807) is 23.3 Å². The van der Waals surface area contributed by atoms with Crippen molar-refractivity contribution in [2.45, 2.75) is 25.4 Å². The van der Waals surface area contributed by atoms with Crippen LogP contribution in [-0.2, 0) is 29.0 Å². The Balaban J connectivity index is 1.48. The maximum atomic E-state index is 13.7. The molecule has 1 amide bonds. The molecule has 180 valence electrons. The number of carboxylic acid groups (broad SMARTS) is 1. The highest BCUT2D eigenvalue weighted by molar-refractivity contribution is 5.90. The van der Waals surface area contributed by atoms with Crippen molar-refractivity contribution in [3.8, 4) is 0 Å². The summed E-state index contributed by atoms with van der Waals surface area (Å²) in [6.07, 6.45) is 5.81. The first kappa shape index (κ1) is 23.3. The van der Waals surface area contributed by atoms with E-state index in [-0.39, 0.29) is 12.5 Å². The second-order valence-electron chi connectivity index (χ2n) is 9.04. The molecule has 1 aromatic heterocycles. The Kier molecular flexibility index (Phi) is 6.76. The van der Waals surface area contributed by atoms with E-state index in [9.17, 15) is 14.7 Å². The zero-order valence-electron chi connectivity index (χ0n) is 19.7. The van der Waals surface area contributed by atoms with Gasteiger partial charge in [-0.1, -0.05) is 84.9 Å². The zero-order chi connectivity index (χ0) is 24.9. The zero-order valence-corrected chi connectivity index (χ0v) is 19.7. The van der Waals surface area contributed by atoms with Crippen molar-refractivity contribution in [3.05, 3.63) is 115 Å². The smallest absolute Gasteiger partial charge is 0.328 e. The number of imidazole rings is 1. The third kappa shape index (κ3) is 5.13. The predicted molar refractivity (Wildman–Crippen MR) is 141 cm³/mol. The summed E-state index contributed by atoms with van der Waals surface area (Å²) in [5.41, 5.74) is 2.13. The van der Waals surface area contributed by atoms with Crippen LogP contribution in [0.1, 0.15) is 11.1 Å². The number of nitrogens with zero attached hydrogens (tertiary/aromatic N) is 2. The van der Waals surface area contributed by atoms with Gasteiger partial charge in [0.25, 0.3) is 0 Å². The van der Waals surface area contributed by atoms with Crippen molar-refractivity contribution >= 4 is 33.4 Å². The van der Waals surface area contributed by atoms with E-state index in [1.165, 1.54) is 0 Å². The van der Waals surface area contributed by atoms with Crippen molar-refractivity contribution in [2.24, 2.45) is 5.92 Å². The minimum Gasteiger partial charge on any atom is -0.480 e. The molecular formula is C30H27N3O3. The lowest BCUT2D eigenvalue weighted by Crippen LogP contribution is -2.46. The van der Waals surface area contributed by atoms with Crippen LogP contribution < -0.4 is 5.32 Å². The summed E-state index contributed by atoms with van der Waals surface area (Å²) in [5.74, 6) is -1.80. The number of benzene rings is 4. The Bertz CT molecular complexity index is 1420. The lowest BCUT2D eigenvalue weighted by molar-refractivity contribution is -0.142. The molecule has 6 heteroatoms. The maximum absolute atomic E-state index is 13.7. The van der Waals surface area contributed by atoms with E-state index in [4.69, 9.17) is 0 Å². The highest BCUT2D eigenvalue weighted by atomic mass is 16.4. The van der Waals surface area contributed by atoms with Crippen molar-refractivity contribution in [1.82, 2.24) is 14.9 Å². The predicted octanol–water partition coefficient (Wildman–Crippen LogP) is 4.86. The van der Waals surface area contributed by atoms with Gasteiger partial charge >= 0.3 is 5.97 Å². The molecule has 5 aromatic rings. The van der Waals surface area contributed by atoms with E-state index in [0.717, 1.165) is 32.7 Å². The van der Waals surface area contributed by atoms with Crippen LogP contribution in [0.25, 0.3) is 21.5 Å². The van der Waals surface area contributed by atoms with Crippen molar-refractivity contribution in [1.29, 1.82) is 0 Å². The van der Waals surface area contributed by atoms with Crippen molar-refractivity contribution in [2.75, 3.05) is 0 Å². The van der Waals surface area contributed by atoms with Gasteiger partial charge in [0, 0.05) is 18.3 Å². The third-order valence-corrected chi connectivity index (χ3v) is 6.63. The highest BCUT2D eigenvalue weighted by Gasteiger charge is 2.27. The number of hydrogen-bond donors (Lipinski definition) is 2. The molecule has 36 heavy (non-hydrogen) atoms. The van der Waals surface area contributed by atoms with Crippen LogP contribution in [0, 0.1) is 5.92 Å². The average Bonchev–Trinajstić information content (AvgIpc) is 3.41. The SMILES string of the molecule is O=C(NC(Cn1ccnc1)C(=O)O)C(Cc1cccc2ccccc12)Cc1cccc2ccccc12. The number of aromatic nitrogens is 2. The number of amides is 1. The van der Waals surface area contributed by atoms with Crippen LogP contribution in [0.2, 0.25) is 0 Å². The Labute approximate surface area is 209 Å². The number of carbonyl (C=O) groups excluding carboxylic acids is 1. The third-order valence-electron chi connectivity index (χ3n) is 6.63. The first-order valence-electron chi connectivity index (χ1n) is 12.0. The van der Waals surface area contributed by atoms with Gasteiger partial charge in [0.05, 0.1) is 12.9 Å². The molecule has 0 bridgehead atoms. The molecule has 1 unspecified atom stereocenters. The molecule has 0 saturated heterocycles. The highest BCUT2D eigenvalue weighted by Crippen LogP contribution is 2.26. The molecule has 0 fully saturated rings. The van der Waals surface area contributed by atoms with Crippen LogP contribution in [0.15, 0.2) is 104 Å². The number of carbonyl (C=O) groups is 2. The summed E-state index contributed by atoms with van der Waals surface area (Å²) in [7, 11) is 0. The molecule has 4 aromatic carbocycles. The van der Waals surface area contributed by atoms with Crippen LogP contribution in [0.3, 0.4) is 0 Å². The quantitative estimate of drug-likeness (QED) is 0.318. The topological polar surface area (TPSA) is 84.2 Å². The molecule has 0 aliphatic heterocycles. The van der Waals surface area contributed by atoms with Crippen LogP contribution >= 0.6 is 0 Å². The Morgan fingerprint density at radius 1 is 0.806 bits per heavy atom. The van der Waals surface area contributed by atoms with Gasteiger partial charge in [-0.2, -0.15) is 0 Å². The fraction of sp³-hybridized carbons (Fsp3) is 0.167.